The fourth-order valence-corrected chi connectivity index (χ4v) is 1.76. The van der Waals surface area contributed by atoms with Gasteiger partial charge in [0.15, 0.2) is 0 Å². The molecule has 1 aromatic rings. The molecule has 0 heterocycles. The number of hydrogen-bond donors (Lipinski definition) is 1. The van der Waals surface area contributed by atoms with Gasteiger partial charge in [-0.1, -0.05) is 29.3 Å². The summed E-state index contributed by atoms with van der Waals surface area (Å²) in [6.45, 7) is 0. The van der Waals surface area contributed by atoms with Gasteiger partial charge in [0.25, 0.3) is 10.1 Å². The average Bonchev–Trinajstić information content (AvgIpc) is 1.94. The van der Waals surface area contributed by atoms with Crippen LogP contribution in [0.15, 0.2) is 18.2 Å². The predicted octanol–water partition coefficient (Wildman–Crippen LogP) is 1.73. The Kier molecular flexibility index (Phi) is 5.99. The fourth-order valence-electron chi connectivity index (χ4n) is 0.840. The van der Waals surface area contributed by atoms with Crippen molar-refractivity contribution in [2.75, 3.05) is 0 Å². The van der Waals surface area contributed by atoms with Crippen LogP contribution in [0.25, 0.3) is 0 Å². The van der Waals surface area contributed by atoms with Crippen molar-refractivity contribution in [3.8, 4) is 0 Å². The zero-order valence-corrected chi connectivity index (χ0v) is 8.70. The standard InChI is InChI=1S/C7H6Cl2O3S.Na.H/c8-6-2-1-5(3-7(6)9)4-13(10,11)12;;/h1-3H,4H2,(H,10,11,12);;. The van der Waals surface area contributed by atoms with Crippen LogP contribution in [0.1, 0.15) is 5.56 Å². The van der Waals surface area contributed by atoms with E-state index in [1.165, 1.54) is 18.2 Å². The Morgan fingerprint density at radius 1 is 1.21 bits per heavy atom. The second-order valence-electron chi connectivity index (χ2n) is 2.47. The molecule has 0 saturated carbocycles. The first-order valence-corrected chi connectivity index (χ1v) is 5.64. The van der Waals surface area contributed by atoms with Gasteiger partial charge in [0, 0.05) is 0 Å². The summed E-state index contributed by atoms with van der Waals surface area (Å²) in [4.78, 5) is 0. The molecule has 0 aliphatic rings. The molecule has 0 spiro atoms. The quantitative estimate of drug-likeness (QED) is 0.654. The van der Waals surface area contributed by atoms with Crippen LogP contribution < -0.4 is 0 Å². The Morgan fingerprint density at radius 3 is 2.21 bits per heavy atom. The van der Waals surface area contributed by atoms with Crippen LogP contribution in [-0.2, 0) is 15.9 Å². The summed E-state index contributed by atoms with van der Waals surface area (Å²) in [5, 5.41) is 0.614. The van der Waals surface area contributed by atoms with Crippen LogP contribution in [0, 0.1) is 0 Å². The summed E-state index contributed by atoms with van der Waals surface area (Å²) >= 11 is 11.2. The Balaban J connectivity index is 0.00000169. The minimum absolute atomic E-state index is 0. The molecule has 7 heteroatoms. The third-order valence-corrected chi connectivity index (χ3v) is 2.77. The molecule has 0 unspecified atom stereocenters. The van der Waals surface area contributed by atoms with Gasteiger partial charge in [-0.3, -0.25) is 4.55 Å². The SMILES string of the molecule is O=S(=O)(O)Cc1ccc(Cl)c(Cl)c1.[NaH]. The van der Waals surface area contributed by atoms with Crippen LogP contribution >= 0.6 is 23.2 Å². The van der Waals surface area contributed by atoms with E-state index in [1.807, 2.05) is 0 Å². The van der Waals surface area contributed by atoms with Crippen molar-refractivity contribution in [3.05, 3.63) is 33.8 Å². The summed E-state index contributed by atoms with van der Waals surface area (Å²) < 4.78 is 29.5. The normalized spacial score (nSPS) is 10.8. The third-order valence-electron chi connectivity index (χ3n) is 1.33. The van der Waals surface area contributed by atoms with Gasteiger partial charge < -0.3 is 0 Å². The Morgan fingerprint density at radius 2 is 1.79 bits per heavy atom. The monoisotopic (exact) mass is 264 g/mol. The van der Waals surface area contributed by atoms with Gasteiger partial charge in [0.2, 0.25) is 0 Å². The van der Waals surface area contributed by atoms with Crippen molar-refractivity contribution >= 4 is 62.9 Å². The second-order valence-corrected chi connectivity index (χ2v) is 4.74. The van der Waals surface area contributed by atoms with Gasteiger partial charge in [0.05, 0.1) is 10.0 Å². The van der Waals surface area contributed by atoms with Crippen molar-refractivity contribution in [2.24, 2.45) is 0 Å². The van der Waals surface area contributed by atoms with Crippen LogP contribution in [0.2, 0.25) is 10.0 Å². The van der Waals surface area contributed by atoms with E-state index >= 15 is 0 Å². The molecule has 0 radical (unpaired) electrons. The molecular weight excluding hydrogens is 258 g/mol. The van der Waals surface area contributed by atoms with Crippen molar-refractivity contribution in [2.45, 2.75) is 5.75 Å². The van der Waals surface area contributed by atoms with Gasteiger partial charge in [-0.05, 0) is 17.7 Å². The molecule has 0 saturated heterocycles. The van der Waals surface area contributed by atoms with Gasteiger partial charge in [-0.15, -0.1) is 0 Å². The minimum atomic E-state index is -4.01. The van der Waals surface area contributed by atoms with E-state index in [0.717, 1.165) is 0 Å². The molecule has 1 rings (SSSR count). The summed E-state index contributed by atoms with van der Waals surface area (Å²) in [5.41, 5.74) is 0.400. The maximum absolute atomic E-state index is 10.5. The number of rotatable bonds is 2. The maximum atomic E-state index is 10.5. The Labute approximate surface area is 114 Å². The van der Waals surface area contributed by atoms with E-state index in [1.54, 1.807) is 0 Å². The van der Waals surface area contributed by atoms with Crippen LogP contribution in [-0.4, -0.2) is 42.5 Å². The number of benzene rings is 1. The Hall–Kier alpha value is 0.710. The van der Waals surface area contributed by atoms with Gasteiger partial charge in [-0.2, -0.15) is 8.42 Å². The summed E-state index contributed by atoms with van der Waals surface area (Å²) in [7, 11) is -4.01. The van der Waals surface area contributed by atoms with Crippen molar-refractivity contribution in [3.63, 3.8) is 0 Å². The van der Waals surface area contributed by atoms with Gasteiger partial charge >= 0.3 is 29.6 Å². The second kappa shape index (κ2) is 5.70. The van der Waals surface area contributed by atoms with Crippen molar-refractivity contribution in [1.29, 1.82) is 0 Å². The molecule has 0 aromatic heterocycles. The number of halogens is 2. The fraction of sp³-hybridized carbons (Fsp3) is 0.143. The molecule has 0 aliphatic heterocycles. The molecule has 0 bridgehead atoms. The molecule has 0 amide bonds. The summed E-state index contributed by atoms with van der Waals surface area (Å²) in [5.74, 6) is -0.454. The molecule has 0 fully saturated rings. The number of hydrogen-bond acceptors (Lipinski definition) is 2. The molecule has 0 aliphatic carbocycles. The first-order chi connectivity index (χ1) is 5.88. The van der Waals surface area contributed by atoms with Crippen molar-refractivity contribution in [1.82, 2.24) is 0 Å². The van der Waals surface area contributed by atoms with E-state index in [-0.39, 0.29) is 34.6 Å². The van der Waals surface area contributed by atoms with E-state index in [9.17, 15) is 8.42 Å². The zero-order valence-electron chi connectivity index (χ0n) is 6.37. The first-order valence-electron chi connectivity index (χ1n) is 3.27. The predicted molar refractivity (Wildman–Crippen MR) is 58.9 cm³/mol. The zero-order chi connectivity index (χ0) is 10.1. The molecule has 0 atom stereocenters. The first kappa shape index (κ1) is 14.7. The van der Waals surface area contributed by atoms with Gasteiger partial charge in [-0.25, -0.2) is 0 Å². The van der Waals surface area contributed by atoms with E-state index in [2.05, 4.69) is 0 Å². The summed E-state index contributed by atoms with van der Waals surface area (Å²) in [6.07, 6.45) is 0. The molecular formula is C7H7Cl2NaO3S. The van der Waals surface area contributed by atoms with E-state index in [0.29, 0.717) is 10.6 Å². The average molecular weight is 265 g/mol. The van der Waals surface area contributed by atoms with Crippen LogP contribution in [0.4, 0.5) is 0 Å². The van der Waals surface area contributed by atoms with Gasteiger partial charge in [0.1, 0.15) is 5.75 Å². The Bertz CT molecular complexity index is 419. The van der Waals surface area contributed by atoms with Crippen LogP contribution in [0.5, 0.6) is 0 Å². The summed E-state index contributed by atoms with van der Waals surface area (Å²) in [6, 6.07) is 4.37. The van der Waals surface area contributed by atoms with Crippen LogP contribution in [0.3, 0.4) is 0 Å². The molecule has 3 nitrogen and oxygen atoms in total. The molecule has 14 heavy (non-hydrogen) atoms. The topological polar surface area (TPSA) is 54.4 Å². The van der Waals surface area contributed by atoms with E-state index < -0.39 is 15.9 Å². The molecule has 1 aromatic carbocycles. The van der Waals surface area contributed by atoms with Crippen molar-refractivity contribution < 1.29 is 13.0 Å². The molecule has 74 valence electrons. The van der Waals surface area contributed by atoms with E-state index in [4.69, 9.17) is 27.8 Å². The third kappa shape index (κ3) is 4.98. The molecule has 1 N–H and O–H groups in total.